The molecular weight excluding hydrogens is 274 g/mol. The highest BCUT2D eigenvalue weighted by molar-refractivity contribution is 6.35. The second-order valence-corrected chi connectivity index (χ2v) is 3.69. The first kappa shape index (κ1) is 13.7. The molecule has 0 aliphatic rings. The Labute approximate surface area is 106 Å². The highest BCUT2D eigenvalue weighted by Crippen LogP contribution is 2.27. The van der Waals surface area contributed by atoms with Gasteiger partial charge in [-0.25, -0.2) is 14.0 Å². The maximum Gasteiger partial charge on any atom is 0.351 e. The van der Waals surface area contributed by atoms with E-state index in [1.807, 2.05) is 0 Å². The molecule has 1 aromatic rings. The predicted octanol–water partition coefficient (Wildman–Crippen LogP) is 2.41. The zero-order valence-corrected chi connectivity index (χ0v) is 9.93. The third-order valence-electron chi connectivity index (χ3n) is 1.58. The molecule has 1 rings (SSSR count). The van der Waals surface area contributed by atoms with Crippen LogP contribution in [0.1, 0.15) is 0 Å². The minimum atomic E-state index is -1.37. The molecule has 0 bridgehead atoms. The fourth-order valence-corrected chi connectivity index (χ4v) is 1.38. The number of carbonyl (C=O) groups is 2. The Morgan fingerprint density at radius 3 is 2.53 bits per heavy atom. The fourth-order valence-electron chi connectivity index (χ4n) is 0.913. The molecule has 0 unspecified atom stereocenters. The molecule has 0 saturated carbocycles. The molecule has 0 N–H and O–H groups in total. The van der Waals surface area contributed by atoms with Crippen LogP contribution in [0.2, 0.25) is 10.0 Å². The molecule has 0 aliphatic carbocycles. The lowest BCUT2D eigenvalue weighted by molar-refractivity contribution is -0.161. The van der Waals surface area contributed by atoms with Crippen molar-refractivity contribution in [3.63, 3.8) is 0 Å². The molecule has 4 nitrogen and oxygen atoms in total. The van der Waals surface area contributed by atoms with Crippen LogP contribution in [-0.2, 0) is 14.3 Å². The Hall–Kier alpha value is -1.33. The lowest BCUT2D eigenvalue weighted by Crippen LogP contribution is -2.20. The summed E-state index contributed by atoms with van der Waals surface area (Å²) >= 11 is 11.4. The summed E-state index contributed by atoms with van der Waals surface area (Å²) in [4.78, 5) is 21.4. The summed E-state index contributed by atoms with van der Waals surface area (Å²) in [5.41, 5.74) is 0. The SMILES string of the molecule is O=C(CF)OC(=O)COc1ccc(Cl)cc1Cl. The fraction of sp³-hybridized carbons (Fsp3) is 0.200. The Morgan fingerprint density at radius 2 is 1.94 bits per heavy atom. The second-order valence-electron chi connectivity index (χ2n) is 2.84. The van der Waals surface area contributed by atoms with Gasteiger partial charge in [0.1, 0.15) is 5.75 Å². The van der Waals surface area contributed by atoms with Crippen molar-refractivity contribution in [3.8, 4) is 5.75 Å². The second kappa shape index (κ2) is 6.42. The summed E-state index contributed by atoms with van der Waals surface area (Å²) in [6.45, 7) is -1.92. The third-order valence-corrected chi connectivity index (χ3v) is 2.11. The summed E-state index contributed by atoms with van der Waals surface area (Å²) in [5.74, 6) is -2.06. The predicted molar refractivity (Wildman–Crippen MR) is 59.0 cm³/mol. The van der Waals surface area contributed by atoms with Crippen molar-refractivity contribution in [3.05, 3.63) is 28.2 Å². The van der Waals surface area contributed by atoms with Crippen LogP contribution in [0, 0.1) is 0 Å². The molecule has 92 valence electrons. The number of alkyl halides is 1. The van der Waals surface area contributed by atoms with E-state index in [1.165, 1.54) is 18.2 Å². The number of hydrogen-bond donors (Lipinski definition) is 0. The van der Waals surface area contributed by atoms with Gasteiger partial charge in [-0.2, -0.15) is 0 Å². The van der Waals surface area contributed by atoms with Gasteiger partial charge in [0.2, 0.25) is 0 Å². The smallest absolute Gasteiger partial charge is 0.351 e. The van der Waals surface area contributed by atoms with Crippen molar-refractivity contribution >= 4 is 35.1 Å². The van der Waals surface area contributed by atoms with Gasteiger partial charge in [0.25, 0.3) is 0 Å². The van der Waals surface area contributed by atoms with Crippen molar-refractivity contribution in [1.82, 2.24) is 0 Å². The summed E-state index contributed by atoms with van der Waals surface area (Å²) in [6.07, 6.45) is 0. The Morgan fingerprint density at radius 1 is 1.24 bits per heavy atom. The van der Waals surface area contributed by atoms with Gasteiger partial charge in [0, 0.05) is 5.02 Å². The van der Waals surface area contributed by atoms with E-state index in [1.54, 1.807) is 0 Å². The lowest BCUT2D eigenvalue weighted by Gasteiger charge is -2.06. The number of hydrogen-bond acceptors (Lipinski definition) is 4. The zero-order valence-electron chi connectivity index (χ0n) is 8.41. The molecule has 1 aromatic carbocycles. The topological polar surface area (TPSA) is 52.6 Å². The van der Waals surface area contributed by atoms with E-state index < -0.39 is 25.2 Å². The highest BCUT2D eigenvalue weighted by atomic mass is 35.5. The molecule has 0 fully saturated rings. The summed E-state index contributed by atoms with van der Waals surface area (Å²) < 4.78 is 20.7. The monoisotopic (exact) mass is 280 g/mol. The molecule has 0 spiro atoms. The maximum absolute atomic E-state index is 11.7. The molecular formula is C10H7Cl2FO4. The number of benzene rings is 1. The zero-order chi connectivity index (χ0) is 12.8. The summed E-state index contributed by atoms with van der Waals surface area (Å²) in [5, 5.41) is 0.625. The van der Waals surface area contributed by atoms with Crippen LogP contribution < -0.4 is 4.74 Å². The summed E-state index contributed by atoms with van der Waals surface area (Å²) in [6, 6.07) is 4.40. The van der Waals surface area contributed by atoms with E-state index in [0.29, 0.717) is 5.02 Å². The molecule has 17 heavy (non-hydrogen) atoms. The minimum Gasteiger partial charge on any atom is -0.480 e. The minimum absolute atomic E-state index is 0.209. The summed E-state index contributed by atoms with van der Waals surface area (Å²) in [7, 11) is 0. The van der Waals surface area contributed by atoms with Crippen LogP contribution in [0.15, 0.2) is 18.2 Å². The van der Waals surface area contributed by atoms with E-state index in [2.05, 4.69) is 4.74 Å². The van der Waals surface area contributed by atoms with Crippen LogP contribution in [0.4, 0.5) is 4.39 Å². The number of ether oxygens (including phenoxy) is 2. The molecule has 0 aromatic heterocycles. The average molecular weight is 281 g/mol. The van der Waals surface area contributed by atoms with E-state index in [4.69, 9.17) is 27.9 Å². The molecule has 0 aliphatic heterocycles. The van der Waals surface area contributed by atoms with Crippen molar-refractivity contribution in [2.24, 2.45) is 0 Å². The molecule has 0 atom stereocenters. The van der Waals surface area contributed by atoms with Crippen LogP contribution in [0.3, 0.4) is 0 Å². The van der Waals surface area contributed by atoms with Gasteiger partial charge in [-0.05, 0) is 18.2 Å². The normalized spacial score (nSPS) is 9.82. The molecule has 7 heteroatoms. The standard InChI is InChI=1S/C10H7Cl2FO4/c11-6-1-2-8(7(12)3-6)16-5-10(15)17-9(14)4-13/h1-3H,4-5H2. The van der Waals surface area contributed by atoms with Gasteiger partial charge in [-0.1, -0.05) is 23.2 Å². The third kappa shape index (κ3) is 4.58. The van der Waals surface area contributed by atoms with Crippen LogP contribution in [-0.4, -0.2) is 25.2 Å². The van der Waals surface area contributed by atoms with E-state index in [9.17, 15) is 14.0 Å². The Balaban J connectivity index is 2.50. The van der Waals surface area contributed by atoms with Gasteiger partial charge in [-0.15, -0.1) is 0 Å². The number of carbonyl (C=O) groups excluding carboxylic acids is 2. The molecule has 0 radical (unpaired) electrons. The quantitative estimate of drug-likeness (QED) is 0.628. The van der Waals surface area contributed by atoms with Crippen LogP contribution in [0.5, 0.6) is 5.75 Å². The Kier molecular flexibility index (Phi) is 5.18. The first-order chi connectivity index (χ1) is 8.02. The molecule has 0 saturated heterocycles. The van der Waals surface area contributed by atoms with E-state index in [0.717, 1.165) is 0 Å². The van der Waals surface area contributed by atoms with Crippen molar-refractivity contribution in [1.29, 1.82) is 0 Å². The lowest BCUT2D eigenvalue weighted by atomic mass is 10.3. The van der Waals surface area contributed by atoms with Crippen LogP contribution >= 0.6 is 23.2 Å². The van der Waals surface area contributed by atoms with Gasteiger partial charge in [0.15, 0.2) is 13.3 Å². The largest absolute Gasteiger partial charge is 0.480 e. The van der Waals surface area contributed by atoms with E-state index >= 15 is 0 Å². The number of esters is 2. The van der Waals surface area contributed by atoms with Crippen molar-refractivity contribution < 1.29 is 23.5 Å². The first-order valence-electron chi connectivity index (χ1n) is 4.40. The maximum atomic E-state index is 11.7. The van der Waals surface area contributed by atoms with Gasteiger partial charge < -0.3 is 9.47 Å². The van der Waals surface area contributed by atoms with Crippen molar-refractivity contribution in [2.45, 2.75) is 0 Å². The Bertz CT molecular complexity index is 436. The number of rotatable bonds is 4. The average Bonchev–Trinajstić information content (AvgIpc) is 2.27. The molecule has 0 heterocycles. The number of halogens is 3. The van der Waals surface area contributed by atoms with Crippen molar-refractivity contribution in [2.75, 3.05) is 13.3 Å². The highest BCUT2D eigenvalue weighted by Gasteiger charge is 2.11. The first-order valence-corrected chi connectivity index (χ1v) is 5.16. The van der Waals surface area contributed by atoms with E-state index in [-0.39, 0.29) is 10.8 Å². The van der Waals surface area contributed by atoms with Gasteiger partial charge in [-0.3, -0.25) is 0 Å². The van der Waals surface area contributed by atoms with Gasteiger partial charge >= 0.3 is 11.9 Å². The molecule has 0 amide bonds. The van der Waals surface area contributed by atoms with Gasteiger partial charge in [0.05, 0.1) is 5.02 Å². The van der Waals surface area contributed by atoms with Crippen LogP contribution in [0.25, 0.3) is 0 Å².